The van der Waals surface area contributed by atoms with E-state index in [4.69, 9.17) is 5.73 Å². The Labute approximate surface area is 142 Å². The Morgan fingerprint density at radius 3 is 2.38 bits per heavy atom. The molecule has 0 spiro atoms. The van der Waals surface area contributed by atoms with Crippen LogP contribution in [0.25, 0.3) is 0 Å². The fraction of sp³-hybridized carbons (Fsp3) is 0.500. The van der Waals surface area contributed by atoms with Gasteiger partial charge in [0.1, 0.15) is 12.1 Å². The summed E-state index contributed by atoms with van der Waals surface area (Å²) in [5.41, 5.74) is 7.58. The molecule has 1 aromatic carbocycles. The lowest BCUT2D eigenvalue weighted by Gasteiger charge is -2.21. The second-order valence-electron chi connectivity index (χ2n) is 7.27. The third-order valence-corrected chi connectivity index (χ3v) is 4.23. The van der Waals surface area contributed by atoms with Gasteiger partial charge in [-0.3, -0.25) is 14.4 Å². The maximum absolute atomic E-state index is 12.1. The van der Waals surface area contributed by atoms with Gasteiger partial charge in [-0.05, 0) is 23.0 Å². The van der Waals surface area contributed by atoms with Crippen LogP contribution < -0.4 is 16.4 Å². The lowest BCUT2D eigenvalue weighted by Crippen LogP contribution is -2.51. The standard InChI is InChI=1S/C18H25N3O3/c1-18(2,3)12-6-4-11(5-7-12)10-14(16(19)23)21-17(24)13-8-9-15(22)20-13/h4-7,13-14H,8-10H2,1-3H3,(H2,19,23)(H,20,22)(H,21,24)/t13-,14+/m0/s1. The Balaban J connectivity index is 2.02. The molecule has 6 heteroatoms. The Morgan fingerprint density at radius 1 is 1.29 bits per heavy atom. The number of nitrogens with two attached hydrogens (primary N) is 1. The monoisotopic (exact) mass is 331 g/mol. The van der Waals surface area contributed by atoms with E-state index in [0.717, 1.165) is 5.56 Å². The van der Waals surface area contributed by atoms with Crippen LogP contribution in [0.5, 0.6) is 0 Å². The largest absolute Gasteiger partial charge is 0.368 e. The topological polar surface area (TPSA) is 101 Å². The molecule has 0 unspecified atom stereocenters. The normalized spacial score (nSPS) is 18.8. The number of hydrogen-bond donors (Lipinski definition) is 3. The predicted molar refractivity (Wildman–Crippen MR) is 91.1 cm³/mol. The average Bonchev–Trinajstić information content (AvgIpc) is 2.92. The van der Waals surface area contributed by atoms with E-state index in [1.807, 2.05) is 24.3 Å². The fourth-order valence-corrected chi connectivity index (χ4v) is 2.68. The number of benzene rings is 1. The smallest absolute Gasteiger partial charge is 0.243 e. The number of carbonyl (C=O) groups is 3. The summed E-state index contributed by atoms with van der Waals surface area (Å²) < 4.78 is 0. The van der Waals surface area contributed by atoms with Crippen LogP contribution in [0.2, 0.25) is 0 Å². The molecule has 0 aliphatic carbocycles. The van der Waals surface area contributed by atoms with Crippen LogP contribution in [-0.4, -0.2) is 29.8 Å². The highest BCUT2D eigenvalue weighted by Crippen LogP contribution is 2.22. The van der Waals surface area contributed by atoms with E-state index in [2.05, 4.69) is 31.4 Å². The first-order valence-corrected chi connectivity index (χ1v) is 8.15. The van der Waals surface area contributed by atoms with Gasteiger partial charge < -0.3 is 16.4 Å². The number of primary amides is 1. The van der Waals surface area contributed by atoms with Crippen molar-refractivity contribution in [2.45, 2.75) is 57.5 Å². The van der Waals surface area contributed by atoms with Crippen molar-refractivity contribution in [3.05, 3.63) is 35.4 Å². The summed E-state index contributed by atoms with van der Waals surface area (Å²) in [6.07, 6.45) is 1.09. The molecule has 1 aliphatic heterocycles. The Hall–Kier alpha value is -2.37. The van der Waals surface area contributed by atoms with Crippen LogP contribution in [0, 0.1) is 0 Å². The zero-order valence-electron chi connectivity index (χ0n) is 14.4. The zero-order chi connectivity index (χ0) is 17.9. The molecule has 1 fully saturated rings. The van der Waals surface area contributed by atoms with Gasteiger partial charge in [-0.15, -0.1) is 0 Å². The average molecular weight is 331 g/mol. The van der Waals surface area contributed by atoms with E-state index in [9.17, 15) is 14.4 Å². The highest BCUT2D eigenvalue weighted by molar-refractivity contribution is 5.93. The van der Waals surface area contributed by atoms with Crippen molar-refractivity contribution >= 4 is 17.7 Å². The summed E-state index contributed by atoms with van der Waals surface area (Å²) in [6.45, 7) is 6.39. The minimum Gasteiger partial charge on any atom is -0.368 e. The second-order valence-corrected chi connectivity index (χ2v) is 7.27. The molecule has 130 valence electrons. The van der Waals surface area contributed by atoms with E-state index in [0.29, 0.717) is 19.3 Å². The number of rotatable bonds is 5. The number of hydrogen-bond acceptors (Lipinski definition) is 3. The first kappa shape index (κ1) is 18.0. The molecule has 2 atom stereocenters. The van der Waals surface area contributed by atoms with Crippen LogP contribution in [-0.2, 0) is 26.2 Å². The van der Waals surface area contributed by atoms with Gasteiger partial charge in [-0.25, -0.2) is 0 Å². The van der Waals surface area contributed by atoms with Gasteiger partial charge in [0.15, 0.2) is 0 Å². The van der Waals surface area contributed by atoms with Crippen molar-refractivity contribution in [3.8, 4) is 0 Å². The molecular weight excluding hydrogens is 306 g/mol. The minimum absolute atomic E-state index is 0.0521. The molecule has 1 saturated heterocycles. The summed E-state index contributed by atoms with van der Waals surface area (Å²) in [4.78, 5) is 35.0. The first-order chi connectivity index (χ1) is 11.2. The Bertz CT molecular complexity index is 632. The predicted octanol–water partition coefficient (Wildman–Crippen LogP) is 0.775. The molecule has 1 aliphatic rings. The van der Waals surface area contributed by atoms with Crippen molar-refractivity contribution in [3.63, 3.8) is 0 Å². The van der Waals surface area contributed by atoms with Crippen molar-refractivity contribution in [2.75, 3.05) is 0 Å². The molecule has 24 heavy (non-hydrogen) atoms. The SMILES string of the molecule is CC(C)(C)c1ccc(C[C@@H](NC(=O)[C@@H]2CCC(=O)N2)C(N)=O)cc1. The van der Waals surface area contributed by atoms with Crippen LogP contribution >= 0.6 is 0 Å². The van der Waals surface area contributed by atoms with Gasteiger partial charge in [0.05, 0.1) is 0 Å². The molecule has 0 radical (unpaired) electrons. The Kier molecular flexibility index (Phi) is 5.26. The molecule has 4 N–H and O–H groups in total. The summed E-state index contributed by atoms with van der Waals surface area (Å²) in [5.74, 6) is -1.10. The van der Waals surface area contributed by atoms with E-state index in [1.54, 1.807) is 0 Å². The van der Waals surface area contributed by atoms with Gasteiger partial charge in [-0.1, -0.05) is 45.0 Å². The van der Waals surface area contributed by atoms with Gasteiger partial charge in [0.2, 0.25) is 17.7 Å². The van der Waals surface area contributed by atoms with Crippen molar-refractivity contribution in [1.82, 2.24) is 10.6 Å². The van der Waals surface area contributed by atoms with Crippen molar-refractivity contribution in [2.24, 2.45) is 5.73 Å². The highest BCUT2D eigenvalue weighted by atomic mass is 16.2. The Morgan fingerprint density at radius 2 is 1.92 bits per heavy atom. The maximum atomic E-state index is 12.1. The van der Waals surface area contributed by atoms with Crippen LogP contribution in [0.15, 0.2) is 24.3 Å². The summed E-state index contributed by atoms with van der Waals surface area (Å²) in [6, 6.07) is 6.55. The molecule has 0 saturated carbocycles. The maximum Gasteiger partial charge on any atom is 0.243 e. The molecule has 0 bridgehead atoms. The minimum atomic E-state index is -0.796. The number of nitrogens with one attached hydrogen (secondary N) is 2. The molecular formula is C18H25N3O3. The number of carbonyl (C=O) groups excluding carboxylic acids is 3. The summed E-state index contributed by atoms with van der Waals surface area (Å²) in [7, 11) is 0. The molecule has 1 heterocycles. The molecule has 2 rings (SSSR count). The van der Waals surface area contributed by atoms with Crippen LogP contribution in [0.1, 0.15) is 44.7 Å². The summed E-state index contributed by atoms with van der Waals surface area (Å²) >= 11 is 0. The molecule has 1 aromatic rings. The first-order valence-electron chi connectivity index (χ1n) is 8.15. The molecule has 0 aromatic heterocycles. The van der Waals surface area contributed by atoms with E-state index in [1.165, 1.54) is 5.56 Å². The van der Waals surface area contributed by atoms with E-state index < -0.39 is 18.0 Å². The zero-order valence-corrected chi connectivity index (χ0v) is 14.4. The van der Waals surface area contributed by atoms with Gasteiger partial charge in [-0.2, -0.15) is 0 Å². The lowest BCUT2D eigenvalue weighted by molar-refractivity contribution is -0.129. The van der Waals surface area contributed by atoms with Gasteiger partial charge in [0, 0.05) is 12.8 Å². The molecule has 3 amide bonds. The van der Waals surface area contributed by atoms with E-state index >= 15 is 0 Å². The highest BCUT2D eigenvalue weighted by Gasteiger charge is 2.29. The van der Waals surface area contributed by atoms with Crippen molar-refractivity contribution in [1.29, 1.82) is 0 Å². The van der Waals surface area contributed by atoms with Gasteiger partial charge in [0.25, 0.3) is 0 Å². The van der Waals surface area contributed by atoms with Gasteiger partial charge >= 0.3 is 0 Å². The third-order valence-electron chi connectivity index (χ3n) is 4.23. The fourth-order valence-electron chi connectivity index (χ4n) is 2.68. The van der Waals surface area contributed by atoms with Crippen molar-refractivity contribution < 1.29 is 14.4 Å². The lowest BCUT2D eigenvalue weighted by atomic mass is 9.86. The van der Waals surface area contributed by atoms with E-state index in [-0.39, 0.29) is 17.2 Å². The number of amides is 3. The second kappa shape index (κ2) is 7.03. The molecule has 6 nitrogen and oxygen atoms in total. The quantitative estimate of drug-likeness (QED) is 0.743. The summed E-state index contributed by atoms with van der Waals surface area (Å²) in [5, 5.41) is 5.23. The third kappa shape index (κ3) is 4.57. The van der Waals surface area contributed by atoms with Crippen LogP contribution in [0.4, 0.5) is 0 Å². The van der Waals surface area contributed by atoms with Crippen LogP contribution in [0.3, 0.4) is 0 Å².